The first kappa shape index (κ1) is 11.8. The zero-order chi connectivity index (χ0) is 11.4. The maximum absolute atomic E-state index is 4.92. The molecule has 0 amide bonds. The van der Waals surface area contributed by atoms with Gasteiger partial charge in [0.05, 0.1) is 0 Å². The summed E-state index contributed by atoms with van der Waals surface area (Å²) in [5.74, 6) is 0.673. The molecule has 0 bridgehead atoms. The van der Waals surface area contributed by atoms with Gasteiger partial charge in [-0.05, 0) is 28.9 Å². The molecule has 0 saturated heterocycles. The van der Waals surface area contributed by atoms with E-state index in [0.29, 0.717) is 11.9 Å². The van der Waals surface area contributed by atoms with Crippen LogP contribution in [0.2, 0.25) is 0 Å². The standard InChI is InChI=1S/C10H12BrN3OS/c1-7(9-4-8(11)5-16-9)12-3-2-10-13-6-14-15-10/h4-7,12H,2-3H2,1H3. The molecule has 0 aliphatic heterocycles. The average molecular weight is 302 g/mol. The second-order valence-corrected chi connectivity index (χ2v) is 5.29. The lowest BCUT2D eigenvalue weighted by atomic mass is 10.2. The summed E-state index contributed by atoms with van der Waals surface area (Å²) in [6.07, 6.45) is 2.19. The lowest BCUT2D eigenvalue weighted by molar-refractivity contribution is 0.373. The Balaban J connectivity index is 1.78. The second-order valence-electron chi connectivity index (χ2n) is 3.43. The van der Waals surface area contributed by atoms with Crippen molar-refractivity contribution in [3.05, 3.63) is 33.0 Å². The zero-order valence-corrected chi connectivity index (χ0v) is 11.2. The van der Waals surface area contributed by atoms with Gasteiger partial charge in [0, 0.05) is 33.7 Å². The highest BCUT2D eigenvalue weighted by Crippen LogP contribution is 2.25. The molecular formula is C10H12BrN3OS. The SMILES string of the molecule is CC(NCCc1ncno1)c1cc(Br)cs1. The van der Waals surface area contributed by atoms with E-state index in [4.69, 9.17) is 4.52 Å². The number of halogens is 1. The van der Waals surface area contributed by atoms with Crippen molar-refractivity contribution in [2.45, 2.75) is 19.4 Å². The van der Waals surface area contributed by atoms with Crippen LogP contribution in [0, 0.1) is 0 Å². The number of thiophene rings is 1. The summed E-state index contributed by atoms with van der Waals surface area (Å²) < 4.78 is 6.06. The first-order valence-electron chi connectivity index (χ1n) is 4.98. The highest BCUT2D eigenvalue weighted by atomic mass is 79.9. The fourth-order valence-electron chi connectivity index (χ4n) is 1.36. The van der Waals surface area contributed by atoms with Crippen molar-refractivity contribution in [3.8, 4) is 0 Å². The van der Waals surface area contributed by atoms with E-state index in [2.05, 4.69) is 49.8 Å². The molecule has 0 spiro atoms. The van der Waals surface area contributed by atoms with Gasteiger partial charge in [-0.15, -0.1) is 11.3 Å². The Labute approximate surface area is 106 Å². The molecule has 16 heavy (non-hydrogen) atoms. The molecule has 0 aliphatic carbocycles. The minimum Gasteiger partial charge on any atom is -0.340 e. The summed E-state index contributed by atoms with van der Waals surface area (Å²) in [5.41, 5.74) is 0. The largest absolute Gasteiger partial charge is 0.340 e. The lowest BCUT2D eigenvalue weighted by Crippen LogP contribution is -2.20. The van der Waals surface area contributed by atoms with E-state index in [1.54, 1.807) is 11.3 Å². The van der Waals surface area contributed by atoms with Gasteiger partial charge in [0.1, 0.15) is 0 Å². The van der Waals surface area contributed by atoms with Crippen LogP contribution in [0.3, 0.4) is 0 Å². The van der Waals surface area contributed by atoms with Gasteiger partial charge in [-0.3, -0.25) is 0 Å². The van der Waals surface area contributed by atoms with Crippen molar-refractivity contribution in [2.75, 3.05) is 6.54 Å². The van der Waals surface area contributed by atoms with Crippen molar-refractivity contribution in [1.82, 2.24) is 15.5 Å². The maximum Gasteiger partial charge on any atom is 0.227 e. The topological polar surface area (TPSA) is 51.0 Å². The summed E-state index contributed by atoms with van der Waals surface area (Å²) >= 11 is 5.19. The highest BCUT2D eigenvalue weighted by Gasteiger charge is 2.07. The zero-order valence-electron chi connectivity index (χ0n) is 8.81. The van der Waals surface area contributed by atoms with Gasteiger partial charge in [0.25, 0.3) is 0 Å². The fourth-order valence-corrected chi connectivity index (χ4v) is 2.84. The summed E-state index contributed by atoms with van der Waals surface area (Å²) in [6, 6.07) is 2.48. The third-order valence-electron chi connectivity index (χ3n) is 2.21. The molecular weight excluding hydrogens is 290 g/mol. The molecule has 0 aromatic carbocycles. The fraction of sp³-hybridized carbons (Fsp3) is 0.400. The molecule has 1 N–H and O–H groups in total. The normalized spacial score (nSPS) is 12.9. The van der Waals surface area contributed by atoms with Crippen molar-refractivity contribution in [2.24, 2.45) is 0 Å². The Kier molecular flexibility index (Phi) is 4.09. The van der Waals surface area contributed by atoms with Gasteiger partial charge < -0.3 is 9.84 Å². The molecule has 2 aromatic heterocycles. The molecule has 86 valence electrons. The van der Waals surface area contributed by atoms with Crippen LogP contribution in [0.25, 0.3) is 0 Å². The molecule has 0 radical (unpaired) electrons. The van der Waals surface area contributed by atoms with Crippen LogP contribution >= 0.6 is 27.3 Å². The van der Waals surface area contributed by atoms with Crippen molar-refractivity contribution >= 4 is 27.3 Å². The molecule has 0 saturated carbocycles. The number of rotatable bonds is 5. The van der Waals surface area contributed by atoms with E-state index in [1.807, 2.05) is 0 Å². The van der Waals surface area contributed by atoms with E-state index in [-0.39, 0.29) is 0 Å². The minimum atomic E-state index is 0.347. The average Bonchev–Trinajstić information content (AvgIpc) is 2.89. The van der Waals surface area contributed by atoms with Crippen LogP contribution in [0.15, 0.2) is 26.8 Å². The van der Waals surface area contributed by atoms with Crippen LogP contribution in [0.5, 0.6) is 0 Å². The van der Waals surface area contributed by atoms with Gasteiger partial charge in [0.2, 0.25) is 5.89 Å². The van der Waals surface area contributed by atoms with Crippen LogP contribution in [0.1, 0.15) is 23.7 Å². The quantitative estimate of drug-likeness (QED) is 0.922. The van der Waals surface area contributed by atoms with Crippen LogP contribution < -0.4 is 5.32 Å². The third-order valence-corrected chi connectivity index (χ3v) is 4.09. The van der Waals surface area contributed by atoms with E-state index in [1.165, 1.54) is 11.2 Å². The third kappa shape index (κ3) is 3.13. The predicted molar refractivity (Wildman–Crippen MR) is 66.4 cm³/mol. The molecule has 0 fully saturated rings. The van der Waals surface area contributed by atoms with E-state index in [0.717, 1.165) is 17.4 Å². The van der Waals surface area contributed by atoms with Gasteiger partial charge in [-0.2, -0.15) is 4.98 Å². The Bertz CT molecular complexity index is 429. The number of aromatic nitrogens is 2. The van der Waals surface area contributed by atoms with Gasteiger partial charge >= 0.3 is 0 Å². The van der Waals surface area contributed by atoms with E-state index >= 15 is 0 Å². The van der Waals surface area contributed by atoms with Gasteiger partial charge in [-0.25, -0.2) is 0 Å². The van der Waals surface area contributed by atoms with E-state index < -0.39 is 0 Å². The first-order chi connectivity index (χ1) is 7.75. The predicted octanol–water partition coefficient (Wildman–Crippen LogP) is 2.79. The lowest BCUT2D eigenvalue weighted by Gasteiger charge is -2.10. The van der Waals surface area contributed by atoms with Crippen molar-refractivity contribution < 1.29 is 4.52 Å². The van der Waals surface area contributed by atoms with Crippen LogP contribution in [-0.2, 0) is 6.42 Å². The van der Waals surface area contributed by atoms with E-state index in [9.17, 15) is 0 Å². The van der Waals surface area contributed by atoms with Gasteiger partial charge in [0.15, 0.2) is 6.33 Å². The molecule has 1 atom stereocenters. The summed E-state index contributed by atoms with van der Waals surface area (Å²) in [7, 11) is 0. The molecule has 1 unspecified atom stereocenters. The Morgan fingerprint density at radius 2 is 2.50 bits per heavy atom. The highest BCUT2D eigenvalue weighted by molar-refractivity contribution is 9.10. The molecule has 6 heteroatoms. The summed E-state index contributed by atoms with van der Waals surface area (Å²) in [6.45, 7) is 2.98. The summed E-state index contributed by atoms with van der Waals surface area (Å²) in [4.78, 5) is 5.28. The molecule has 2 heterocycles. The second kappa shape index (κ2) is 5.56. The van der Waals surface area contributed by atoms with Crippen molar-refractivity contribution in [3.63, 3.8) is 0 Å². The maximum atomic E-state index is 4.92. The molecule has 2 aromatic rings. The minimum absolute atomic E-state index is 0.347. The monoisotopic (exact) mass is 301 g/mol. The Morgan fingerprint density at radius 1 is 1.62 bits per heavy atom. The Morgan fingerprint density at radius 3 is 3.12 bits per heavy atom. The number of nitrogens with zero attached hydrogens (tertiary/aromatic N) is 2. The number of hydrogen-bond donors (Lipinski definition) is 1. The number of nitrogens with one attached hydrogen (secondary N) is 1. The van der Waals surface area contributed by atoms with Crippen molar-refractivity contribution in [1.29, 1.82) is 0 Å². The first-order valence-corrected chi connectivity index (χ1v) is 6.66. The van der Waals surface area contributed by atoms with Crippen LogP contribution in [-0.4, -0.2) is 16.7 Å². The summed E-state index contributed by atoms with van der Waals surface area (Å²) in [5, 5.41) is 9.06. The molecule has 4 nitrogen and oxygen atoms in total. The Hall–Kier alpha value is -0.720. The smallest absolute Gasteiger partial charge is 0.227 e. The molecule has 2 rings (SSSR count). The number of hydrogen-bond acceptors (Lipinski definition) is 5. The van der Waals surface area contributed by atoms with Crippen LogP contribution in [0.4, 0.5) is 0 Å². The molecule has 0 aliphatic rings. The van der Waals surface area contributed by atoms with Gasteiger partial charge in [-0.1, -0.05) is 5.16 Å².